The van der Waals surface area contributed by atoms with Crippen molar-refractivity contribution in [2.45, 2.75) is 88.9 Å². The molecule has 264 valence electrons. The molecular weight excluding hydrogens is 645 g/mol. The molecule has 0 bridgehead atoms. The Balaban J connectivity index is 1.36. The fourth-order valence-corrected chi connectivity index (χ4v) is 10.6. The third-order valence-electron chi connectivity index (χ3n) is 10.1. The summed E-state index contributed by atoms with van der Waals surface area (Å²) in [7, 11) is -2.87. The van der Waals surface area contributed by atoms with E-state index in [4.69, 9.17) is 9.47 Å². The summed E-state index contributed by atoms with van der Waals surface area (Å²) >= 11 is 0. The molecule has 1 saturated heterocycles. The van der Waals surface area contributed by atoms with Crippen LogP contribution in [0.3, 0.4) is 0 Å². The molecule has 14 heteroatoms. The molecule has 5 N–H and O–H groups in total. The summed E-state index contributed by atoms with van der Waals surface area (Å²) in [4.78, 5) is 41.5. The summed E-state index contributed by atoms with van der Waals surface area (Å²) in [6.07, 6.45) is 4.15. The summed E-state index contributed by atoms with van der Waals surface area (Å²) in [5.74, 6) is -0.0198. The van der Waals surface area contributed by atoms with E-state index in [9.17, 15) is 24.6 Å². The zero-order valence-electron chi connectivity index (χ0n) is 28.7. The largest absolute Gasteiger partial charge is 0.494 e. The number of ether oxygens (including phenoxy) is 2. The van der Waals surface area contributed by atoms with Gasteiger partial charge in [0, 0.05) is 60.8 Å². The van der Waals surface area contributed by atoms with E-state index >= 15 is 0 Å². The van der Waals surface area contributed by atoms with Crippen molar-refractivity contribution in [2.75, 3.05) is 36.6 Å². The average Bonchev–Trinajstić information content (AvgIpc) is 3.72. The highest BCUT2D eigenvalue weighted by molar-refractivity contribution is 6.71. The minimum Gasteiger partial charge on any atom is -0.494 e. The Kier molecular flexibility index (Phi) is 10.3. The Labute approximate surface area is 287 Å². The lowest BCUT2D eigenvalue weighted by Gasteiger charge is -2.36. The van der Waals surface area contributed by atoms with Gasteiger partial charge in [0.05, 0.1) is 30.1 Å². The van der Waals surface area contributed by atoms with Crippen molar-refractivity contribution in [1.29, 1.82) is 0 Å². The lowest BCUT2D eigenvalue weighted by Crippen LogP contribution is -2.49. The van der Waals surface area contributed by atoms with Crippen LogP contribution in [0.25, 0.3) is 0 Å². The molecule has 3 aliphatic heterocycles. The van der Waals surface area contributed by atoms with Crippen molar-refractivity contribution in [3.63, 3.8) is 0 Å². The first-order valence-corrected chi connectivity index (χ1v) is 20.3. The molecule has 0 saturated carbocycles. The van der Waals surface area contributed by atoms with Crippen molar-refractivity contribution in [3.8, 4) is 5.75 Å². The van der Waals surface area contributed by atoms with Crippen molar-refractivity contribution in [3.05, 3.63) is 59.4 Å². The Morgan fingerprint density at radius 2 is 1.96 bits per heavy atom. The number of rotatable bonds is 14. The van der Waals surface area contributed by atoms with Crippen LogP contribution in [-0.4, -0.2) is 88.6 Å². The van der Waals surface area contributed by atoms with Crippen LogP contribution in [0.4, 0.5) is 17.1 Å². The number of amides is 2. The van der Waals surface area contributed by atoms with Gasteiger partial charge >= 0.3 is 0 Å². The molecule has 1 unspecified atom stereocenters. The van der Waals surface area contributed by atoms with E-state index in [0.717, 1.165) is 23.4 Å². The first-order chi connectivity index (χ1) is 23.5. The molecular formula is C35H48N6O7Si. The topological polar surface area (TPSA) is 171 Å². The Bertz CT molecular complexity index is 1680. The maximum atomic E-state index is 14.2. The van der Waals surface area contributed by atoms with E-state index in [2.05, 4.69) is 20.9 Å². The standard InChI is InChI=1S/C35H48N6O7Si/c1-5-47-26-9-11-30-23(18-26)19-29(36-14-6-7-16-42)33(44)41(30)25-8-10-28-27(20-25)35(34(45)37-28)22(2)32(49(3,4)46)31(48-35)12-15-40-21-24(13-17-43)38-39-40/h8-11,18,20-22,29,31-32,36,42-43,46H,5-7,12-17,19H2,1-4H3,(H,37,45)/t22-,29?,31+,32-,35+/m1/s1. The van der Waals surface area contributed by atoms with Gasteiger partial charge in [0.1, 0.15) is 5.75 Å². The number of aryl methyl sites for hydroxylation is 1. The van der Waals surface area contributed by atoms with Crippen LogP contribution in [0.5, 0.6) is 5.75 Å². The molecule has 1 fully saturated rings. The minimum atomic E-state index is -2.87. The SMILES string of the molecule is CCOc1ccc2c(c1)CC(NCCCCO)C(=O)N2c1ccc2c(c1)[C@]1(O[C@@H](CCn3cc(CCO)nn3)[C@H]([Si](C)(C)O)[C@H]1C)C(=O)N2. The summed E-state index contributed by atoms with van der Waals surface area (Å²) < 4.78 is 14.4. The Hall–Kier alpha value is -3.66. The smallest absolute Gasteiger partial charge is 0.261 e. The molecule has 4 heterocycles. The summed E-state index contributed by atoms with van der Waals surface area (Å²) in [5, 5.41) is 33.3. The zero-order valence-corrected chi connectivity index (χ0v) is 29.7. The van der Waals surface area contributed by atoms with Gasteiger partial charge in [0.25, 0.3) is 5.91 Å². The number of nitrogens with zero attached hydrogens (tertiary/aromatic N) is 4. The molecule has 1 aromatic heterocycles. The minimum absolute atomic E-state index is 0.0158. The van der Waals surface area contributed by atoms with Crippen LogP contribution in [0, 0.1) is 5.92 Å². The van der Waals surface area contributed by atoms with E-state index < -0.39 is 26.1 Å². The van der Waals surface area contributed by atoms with Crippen molar-refractivity contribution < 1.29 is 34.1 Å². The molecule has 13 nitrogen and oxygen atoms in total. The molecule has 2 aromatic carbocycles. The van der Waals surface area contributed by atoms with Crippen LogP contribution in [-0.2, 0) is 39.3 Å². The lowest BCUT2D eigenvalue weighted by molar-refractivity contribution is -0.143. The number of carbonyl (C=O) groups excluding carboxylic acids is 2. The van der Waals surface area contributed by atoms with Crippen molar-refractivity contribution in [2.24, 2.45) is 5.92 Å². The maximum absolute atomic E-state index is 14.2. The number of aliphatic hydroxyl groups is 2. The highest BCUT2D eigenvalue weighted by atomic mass is 28.4. The first kappa shape index (κ1) is 35.2. The van der Waals surface area contributed by atoms with E-state index in [0.29, 0.717) is 68.0 Å². The van der Waals surface area contributed by atoms with Gasteiger partial charge in [-0.1, -0.05) is 12.1 Å². The van der Waals surface area contributed by atoms with E-state index in [1.54, 1.807) is 15.8 Å². The van der Waals surface area contributed by atoms with Crippen LogP contribution in [0.15, 0.2) is 42.6 Å². The predicted octanol–water partition coefficient (Wildman–Crippen LogP) is 3.00. The second-order valence-electron chi connectivity index (χ2n) is 13.8. The highest BCUT2D eigenvalue weighted by Gasteiger charge is 2.64. The lowest BCUT2D eigenvalue weighted by atomic mass is 9.82. The molecule has 49 heavy (non-hydrogen) atoms. The molecule has 3 aromatic rings. The average molecular weight is 693 g/mol. The number of anilines is 3. The number of benzene rings is 2. The predicted molar refractivity (Wildman–Crippen MR) is 186 cm³/mol. The van der Waals surface area contributed by atoms with Crippen LogP contribution in [0.1, 0.15) is 49.9 Å². The van der Waals surface area contributed by atoms with Gasteiger partial charge in [-0.05, 0) is 94.2 Å². The quantitative estimate of drug-likeness (QED) is 0.125. The summed E-state index contributed by atoms with van der Waals surface area (Å²) in [6.45, 7) is 9.34. The molecule has 6 rings (SSSR count). The summed E-state index contributed by atoms with van der Waals surface area (Å²) in [5.41, 5.74) is 2.66. The van der Waals surface area contributed by atoms with Gasteiger partial charge in [-0.2, -0.15) is 0 Å². The van der Waals surface area contributed by atoms with Gasteiger partial charge in [0.2, 0.25) is 5.91 Å². The fraction of sp³-hybridized carbons (Fsp3) is 0.543. The molecule has 0 aliphatic carbocycles. The number of unbranched alkanes of at least 4 members (excludes halogenated alkanes) is 1. The maximum Gasteiger partial charge on any atom is 0.261 e. The number of hydrogen-bond donors (Lipinski definition) is 5. The monoisotopic (exact) mass is 692 g/mol. The second-order valence-corrected chi connectivity index (χ2v) is 17.8. The number of fused-ring (bicyclic) bond motifs is 3. The number of aromatic nitrogens is 3. The zero-order chi connectivity index (χ0) is 34.9. The molecule has 2 amide bonds. The fourth-order valence-electron chi connectivity index (χ4n) is 7.95. The second kappa shape index (κ2) is 14.3. The number of aliphatic hydroxyl groups excluding tert-OH is 2. The van der Waals surface area contributed by atoms with Gasteiger partial charge in [-0.3, -0.25) is 19.2 Å². The number of hydrogen-bond acceptors (Lipinski definition) is 10. The molecule has 0 radical (unpaired) electrons. The van der Waals surface area contributed by atoms with Gasteiger partial charge in [0.15, 0.2) is 13.9 Å². The van der Waals surface area contributed by atoms with Crippen LogP contribution < -0.4 is 20.3 Å². The molecule has 5 atom stereocenters. The van der Waals surface area contributed by atoms with E-state index in [1.807, 2.05) is 63.3 Å². The first-order valence-electron chi connectivity index (χ1n) is 17.3. The van der Waals surface area contributed by atoms with Crippen LogP contribution >= 0.6 is 0 Å². The number of carbonyl (C=O) groups is 2. The van der Waals surface area contributed by atoms with Crippen molar-refractivity contribution >= 4 is 37.2 Å². The van der Waals surface area contributed by atoms with Gasteiger partial charge < -0.3 is 35.1 Å². The normalized spacial score (nSPS) is 24.8. The van der Waals surface area contributed by atoms with Crippen LogP contribution in [0.2, 0.25) is 18.6 Å². The van der Waals surface area contributed by atoms with Gasteiger partial charge in [-0.25, -0.2) is 0 Å². The highest BCUT2D eigenvalue weighted by Crippen LogP contribution is 2.59. The van der Waals surface area contributed by atoms with Gasteiger partial charge in [-0.15, -0.1) is 5.10 Å². The molecule has 3 aliphatic rings. The van der Waals surface area contributed by atoms with Crippen molar-refractivity contribution in [1.82, 2.24) is 20.3 Å². The Morgan fingerprint density at radius 1 is 1.14 bits per heavy atom. The third-order valence-corrected chi connectivity index (χ3v) is 12.6. The summed E-state index contributed by atoms with van der Waals surface area (Å²) in [6, 6.07) is 10.8. The van der Waals surface area contributed by atoms with E-state index in [-0.39, 0.29) is 36.5 Å². The molecule has 1 spiro atoms. The Morgan fingerprint density at radius 3 is 2.69 bits per heavy atom. The van der Waals surface area contributed by atoms with E-state index in [1.165, 1.54) is 0 Å². The number of nitrogens with one attached hydrogen (secondary N) is 2. The third kappa shape index (κ3) is 6.65.